The van der Waals surface area contributed by atoms with E-state index < -0.39 is 16.3 Å². The molecule has 142 valence electrons. The number of aromatic nitrogens is 2. The molecule has 2 unspecified atom stereocenters. The van der Waals surface area contributed by atoms with Gasteiger partial charge in [-0.25, -0.2) is 4.68 Å². The number of nitro groups is 1. The van der Waals surface area contributed by atoms with Gasteiger partial charge in [0.15, 0.2) is 5.69 Å². The third-order valence-corrected chi connectivity index (χ3v) is 4.77. The highest BCUT2D eigenvalue weighted by molar-refractivity contribution is 5.92. The number of nitrogens with one attached hydrogen (secondary N) is 2. The van der Waals surface area contributed by atoms with Crippen molar-refractivity contribution in [2.24, 2.45) is 5.92 Å². The Labute approximate surface area is 155 Å². The Morgan fingerprint density at radius 3 is 2.85 bits per heavy atom. The summed E-state index contributed by atoms with van der Waals surface area (Å²) >= 11 is 0. The third-order valence-electron chi connectivity index (χ3n) is 4.77. The summed E-state index contributed by atoms with van der Waals surface area (Å²) in [5.41, 5.74) is -0.360. The molecule has 1 saturated heterocycles. The lowest BCUT2D eigenvalue weighted by Crippen LogP contribution is -2.51. The molecule has 1 amide bonds. The molecule has 2 aromatic rings. The van der Waals surface area contributed by atoms with Crippen molar-refractivity contribution in [3.63, 3.8) is 0 Å². The highest BCUT2D eigenvalue weighted by Crippen LogP contribution is 2.22. The third kappa shape index (κ3) is 3.87. The average molecular weight is 371 g/mol. The summed E-state index contributed by atoms with van der Waals surface area (Å²) in [5, 5.41) is 21.5. The topological polar surface area (TPSA) is 119 Å². The predicted molar refractivity (Wildman–Crippen MR) is 99.1 cm³/mol. The Bertz CT molecular complexity index is 940. The number of carbonyl (C=O) groups excluding carboxylic acids is 1. The van der Waals surface area contributed by atoms with Gasteiger partial charge >= 0.3 is 0 Å². The zero-order valence-corrected chi connectivity index (χ0v) is 15.1. The normalized spacial score (nSPS) is 19.5. The van der Waals surface area contributed by atoms with Crippen molar-refractivity contribution in [2.75, 3.05) is 13.1 Å². The summed E-state index contributed by atoms with van der Waals surface area (Å²) in [6.07, 6.45) is 0.923. The van der Waals surface area contributed by atoms with Gasteiger partial charge in [-0.05, 0) is 31.9 Å². The molecular weight excluding hydrogens is 350 g/mol. The first kappa shape index (κ1) is 18.7. The molecule has 1 aromatic carbocycles. The summed E-state index contributed by atoms with van der Waals surface area (Å²) in [4.78, 5) is 35.7. The number of para-hydroxylation sites is 2. The van der Waals surface area contributed by atoms with E-state index in [1.54, 1.807) is 19.1 Å². The second-order valence-electron chi connectivity index (χ2n) is 6.71. The zero-order valence-electron chi connectivity index (χ0n) is 15.1. The van der Waals surface area contributed by atoms with Gasteiger partial charge in [0.05, 0.1) is 4.92 Å². The summed E-state index contributed by atoms with van der Waals surface area (Å²) in [6.45, 7) is 5.16. The minimum Gasteiger partial charge on any atom is -0.346 e. The van der Waals surface area contributed by atoms with Crippen LogP contribution in [0.3, 0.4) is 0 Å². The van der Waals surface area contributed by atoms with Crippen LogP contribution in [0.25, 0.3) is 5.69 Å². The molecular formula is C18H21N5O4. The number of piperidine rings is 1. The Morgan fingerprint density at radius 2 is 2.15 bits per heavy atom. The van der Waals surface area contributed by atoms with Gasteiger partial charge in [-0.1, -0.05) is 19.1 Å². The Kier molecular flexibility index (Phi) is 5.31. The van der Waals surface area contributed by atoms with Crippen LogP contribution >= 0.6 is 0 Å². The van der Waals surface area contributed by atoms with Crippen LogP contribution in [0.1, 0.15) is 29.5 Å². The molecule has 0 saturated carbocycles. The van der Waals surface area contributed by atoms with Crippen LogP contribution in [0.4, 0.5) is 5.69 Å². The molecule has 1 aliphatic heterocycles. The molecule has 1 aromatic heterocycles. The lowest BCUT2D eigenvalue weighted by Gasteiger charge is -2.30. The van der Waals surface area contributed by atoms with Gasteiger partial charge in [-0.3, -0.25) is 19.7 Å². The molecule has 3 rings (SSSR count). The van der Waals surface area contributed by atoms with E-state index in [9.17, 15) is 19.7 Å². The summed E-state index contributed by atoms with van der Waals surface area (Å²) < 4.78 is 1.26. The second kappa shape index (κ2) is 7.67. The monoisotopic (exact) mass is 371 g/mol. The molecule has 0 spiro atoms. The standard InChI is InChI=1S/C18H21N5O4/c1-11-7-8-19-10-13(11)20-18(25)17-16(24)9-12(2)22(21-17)14-5-3-4-6-15(14)23(26)27/h3-6,9,11,13,19H,7-8,10H2,1-2H3,(H,20,25). The molecule has 2 heterocycles. The molecule has 1 fully saturated rings. The molecule has 0 aliphatic carbocycles. The number of amides is 1. The maximum Gasteiger partial charge on any atom is 0.294 e. The van der Waals surface area contributed by atoms with E-state index in [4.69, 9.17) is 0 Å². The highest BCUT2D eigenvalue weighted by Gasteiger charge is 2.26. The lowest BCUT2D eigenvalue weighted by molar-refractivity contribution is -0.384. The lowest BCUT2D eigenvalue weighted by atomic mass is 9.95. The van der Waals surface area contributed by atoms with E-state index in [1.165, 1.54) is 22.9 Å². The first-order valence-electron chi connectivity index (χ1n) is 8.75. The van der Waals surface area contributed by atoms with E-state index in [0.717, 1.165) is 13.0 Å². The number of aryl methyl sites for hydroxylation is 1. The minimum absolute atomic E-state index is 0.103. The number of nitrogens with zero attached hydrogens (tertiary/aromatic N) is 3. The molecule has 2 N–H and O–H groups in total. The molecule has 2 atom stereocenters. The summed E-state index contributed by atoms with van der Waals surface area (Å²) in [5.74, 6) is -0.300. The Hall–Kier alpha value is -3.07. The number of hydrogen-bond acceptors (Lipinski definition) is 6. The maximum absolute atomic E-state index is 12.6. The molecule has 0 bridgehead atoms. The number of benzene rings is 1. The van der Waals surface area contributed by atoms with Crippen molar-refractivity contribution in [3.8, 4) is 5.69 Å². The van der Waals surface area contributed by atoms with Crippen molar-refractivity contribution in [2.45, 2.75) is 26.3 Å². The number of nitro benzene ring substituents is 1. The van der Waals surface area contributed by atoms with E-state index in [-0.39, 0.29) is 29.0 Å². The van der Waals surface area contributed by atoms with Gasteiger partial charge in [0.1, 0.15) is 5.69 Å². The molecule has 1 aliphatic rings. The Morgan fingerprint density at radius 1 is 1.41 bits per heavy atom. The van der Waals surface area contributed by atoms with E-state index in [2.05, 4.69) is 15.7 Å². The molecule has 9 heteroatoms. The van der Waals surface area contributed by atoms with Gasteiger partial charge in [0.25, 0.3) is 11.6 Å². The first-order chi connectivity index (χ1) is 12.9. The van der Waals surface area contributed by atoms with Gasteiger partial charge in [-0.2, -0.15) is 5.10 Å². The number of carbonyl (C=O) groups is 1. The van der Waals surface area contributed by atoms with E-state index in [1.807, 2.05) is 6.92 Å². The maximum atomic E-state index is 12.6. The summed E-state index contributed by atoms with van der Waals surface area (Å²) in [7, 11) is 0. The van der Waals surface area contributed by atoms with Gasteiger partial charge in [-0.15, -0.1) is 0 Å². The molecule has 9 nitrogen and oxygen atoms in total. The highest BCUT2D eigenvalue weighted by atomic mass is 16.6. The van der Waals surface area contributed by atoms with Crippen LogP contribution < -0.4 is 16.1 Å². The predicted octanol–water partition coefficient (Wildman–Crippen LogP) is 1.18. The van der Waals surface area contributed by atoms with E-state index >= 15 is 0 Å². The van der Waals surface area contributed by atoms with Crippen LogP contribution in [-0.2, 0) is 0 Å². The van der Waals surface area contributed by atoms with Crippen molar-refractivity contribution in [1.82, 2.24) is 20.4 Å². The fourth-order valence-corrected chi connectivity index (χ4v) is 3.17. The average Bonchev–Trinajstić information content (AvgIpc) is 2.63. The Balaban J connectivity index is 1.99. The minimum atomic E-state index is -0.576. The smallest absolute Gasteiger partial charge is 0.294 e. The SMILES string of the molecule is Cc1cc(=O)c(C(=O)NC2CNCCC2C)nn1-c1ccccc1[N+](=O)[O-]. The van der Waals surface area contributed by atoms with Gasteiger partial charge in [0.2, 0.25) is 5.43 Å². The van der Waals surface area contributed by atoms with Crippen LogP contribution in [0.15, 0.2) is 35.1 Å². The largest absolute Gasteiger partial charge is 0.346 e. The fraction of sp³-hybridized carbons (Fsp3) is 0.389. The van der Waals surface area contributed by atoms with Crippen LogP contribution in [0.2, 0.25) is 0 Å². The van der Waals surface area contributed by atoms with Gasteiger partial charge in [0, 0.05) is 30.4 Å². The quantitative estimate of drug-likeness (QED) is 0.615. The van der Waals surface area contributed by atoms with Crippen LogP contribution in [-0.4, -0.2) is 39.7 Å². The van der Waals surface area contributed by atoms with Crippen molar-refractivity contribution in [1.29, 1.82) is 0 Å². The molecule has 0 radical (unpaired) electrons. The van der Waals surface area contributed by atoms with Crippen molar-refractivity contribution < 1.29 is 9.72 Å². The fourth-order valence-electron chi connectivity index (χ4n) is 3.17. The van der Waals surface area contributed by atoms with Crippen molar-refractivity contribution in [3.05, 3.63) is 62.1 Å². The number of hydrogen-bond donors (Lipinski definition) is 2. The first-order valence-corrected chi connectivity index (χ1v) is 8.75. The van der Waals surface area contributed by atoms with Crippen molar-refractivity contribution >= 4 is 11.6 Å². The zero-order chi connectivity index (χ0) is 19.6. The van der Waals surface area contributed by atoms with E-state index in [0.29, 0.717) is 12.2 Å². The van der Waals surface area contributed by atoms with Crippen LogP contribution in [0, 0.1) is 23.0 Å². The molecule has 27 heavy (non-hydrogen) atoms. The second-order valence-corrected chi connectivity index (χ2v) is 6.71. The summed E-state index contributed by atoms with van der Waals surface area (Å²) in [6, 6.07) is 7.22. The van der Waals surface area contributed by atoms with Crippen LogP contribution in [0.5, 0.6) is 0 Å². The number of rotatable bonds is 4. The van der Waals surface area contributed by atoms with Gasteiger partial charge < -0.3 is 10.6 Å².